The first-order valence-electron chi connectivity index (χ1n) is 7.41. The number of benzene rings is 2. The van der Waals surface area contributed by atoms with Gasteiger partial charge in [0, 0.05) is 6.54 Å². The Kier molecular flexibility index (Phi) is 6.01. The maximum absolute atomic E-state index is 12.2. The summed E-state index contributed by atoms with van der Waals surface area (Å²) in [6.45, 7) is 2.80. The minimum atomic E-state index is -3.53. The molecule has 0 bridgehead atoms. The van der Waals surface area contributed by atoms with Gasteiger partial charge in [-0.05, 0) is 49.2 Å². The van der Waals surface area contributed by atoms with Crippen molar-refractivity contribution in [2.45, 2.75) is 18.2 Å². The molecule has 0 unspecified atom stereocenters. The van der Waals surface area contributed by atoms with Crippen molar-refractivity contribution in [3.63, 3.8) is 0 Å². The molecule has 0 saturated carbocycles. The van der Waals surface area contributed by atoms with Crippen LogP contribution in [-0.4, -0.2) is 28.7 Å². The van der Waals surface area contributed by atoms with Crippen molar-refractivity contribution in [2.24, 2.45) is 0 Å². The summed E-state index contributed by atoms with van der Waals surface area (Å²) >= 11 is 0. The number of hydrogen-bond donors (Lipinski definition) is 1. The first-order chi connectivity index (χ1) is 11.1. The average Bonchev–Trinajstić information content (AvgIpc) is 2.56. The van der Waals surface area contributed by atoms with Gasteiger partial charge in [-0.15, -0.1) is 0 Å². The van der Waals surface area contributed by atoms with Crippen molar-refractivity contribution >= 4 is 10.0 Å². The molecule has 0 amide bonds. The summed E-state index contributed by atoms with van der Waals surface area (Å²) in [5.41, 5.74) is 0.979. The fourth-order valence-electron chi connectivity index (χ4n) is 2.16. The van der Waals surface area contributed by atoms with Gasteiger partial charge in [0.05, 0.1) is 18.6 Å². The van der Waals surface area contributed by atoms with Crippen LogP contribution in [0, 0.1) is 0 Å². The van der Waals surface area contributed by atoms with E-state index in [-0.39, 0.29) is 4.90 Å². The summed E-state index contributed by atoms with van der Waals surface area (Å²) in [5, 5.41) is 0. The smallest absolute Gasteiger partial charge is 0.240 e. The van der Waals surface area contributed by atoms with Crippen molar-refractivity contribution in [2.75, 3.05) is 20.3 Å². The Morgan fingerprint density at radius 1 is 1.04 bits per heavy atom. The number of sulfonamides is 1. The maximum atomic E-state index is 12.2. The molecule has 0 radical (unpaired) electrons. The number of rotatable bonds is 8. The molecule has 2 aromatic rings. The van der Waals surface area contributed by atoms with E-state index < -0.39 is 10.0 Å². The highest BCUT2D eigenvalue weighted by Gasteiger charge is 2.13. The fourth-order valence-corrected chi connectivity index (χ4v) is 3.20. The van der Waals surface area contributed by atoms with E-state index in [0.29, 0.717) is 25.3 Å². The van der Waals surface area contributed by atoms with Gasteiger partial charge in [-0.1, -0.05) is 18.2 Å². The van der Waals surface area contributed by atoms with Gasteiger partial charge in [0.1, 0.15) is 11.5 Å². The van der Waals surface area contributed by atoms with Crippen LogP contribution in [0.25, 0.3) is 0 Å². The number of methoxy groups -OCH3 is 1. The quantitative estimate of drug-likeness (QED) is 0.805. The van der Waals surface area contributed by atoms with Crippen molar-refractivity contribution in [1.29, 1.82) is 0 Å². The molecule has 0 aliphatic rings. The predicted molar refractivity (Wildman–Crippen MR) is 89.5 cm³/mol. The minimum absolute atomic E-state index is 0.219. The number of ether oxygens (including phenoxy) is 2. The summed E-state index contributed by atoms with van der Waals surface area (Å²) in [6, 6.07) is 13.9. The molecule has 0 aliphatic carbocycles. The Morgan fingerprint density at radius 2 is 1.74 bits per heavy atom. The van der Waals surface area contributed by atoms with Crippen LogP contribution in [-0.2, 0) is 16.4 Å². The summed E-state index contributed by atoms with van der Waals surface area (Å²) in [5.74, 6) is 1.41. The van der Waals surface area contributed by atoms with Gasteiger partial charge >= 0.3 is 0 Å². The van der Waals surface area contributed by atoms with E-state index in [2.05, 4.69) is 4.72 Å². The van der Waals surface area contributed by atoms with E-state index in [0.717, 1.165) is 11.3 Å². The minimum Gasteiger partial charge on any atom is -0.497 e. The van der Waals surface area contributed by atoms with E-state index in [1.807, 2.05) is 31.2 Å². The van der Waals surface area contributed by atoms with Crippen molar-refractivity contribution in [3.05, 3.63) is 54.1 Å². The lowest BCUT2D eigenvalue weighted by atomic mass is 10.1. The number of hydrogen-bond acceptors (Lipinski definition) is 4. The molecule has 124 valence electrons. The molecule has 0 aromatic heterocycles. The average molecular weight is 335 g/mol. The van der Waals surface area contributed by atoms with Crippen molar-refractivity contribution < 1.29 is 17.9 Å². The zero-order chi connectivity index (χ0) is 16.7. The van der Waals surface area contributed by atoms with E-state index in [1.54, 1.807) is 12.1 Å². The molecule has 2 rings (SSSR count). The Morgan fingerprint density at radius 3 is 2.39 bits per heavy atom. The standard InChI is InChI=1S/C17H21NO4S/c1-3-22-17-7-5-4-6-14(17)12-13-18-23(19,20)16-10-8-15(21-2)9-11-16/h4-11,18H,3,12-13H2,1-2H3. The normalized spacial score (nSPS) is 11.2. The Labute approximate surface area is 137 Å². The second kappa shape index (κ2) is 7.99. The summed E-state index contributed by atoms with van der Waals surface area (Å²) in [7, 11) is -1.99. The van der Waals surface area contributed by atoms with Gasteiger partial charge < -0.3 is 9.47 Å². The Hall–Kier alpha value is -2.05. The lowest BCUT2D eigenvalue weighted by molar-refractivity contribution is 0.336. The van der Waals surface area contributed by atoms with Crippen LogP contribution < -0.4 is 14.2 Å². The van der Waals surface area contributed by atoms with Crippen molar-refractivity contribution in [3.8, 4) is 11.5 Å². The molecular formula is C17H21NO4S. The van der Waals surface area contributed by atoms with Crippen LogP contribution in [0.1, 0.15) is 12.5 Å². The van der Waals surface area contributed by atoms with E-state index >= 15 is 0 Å². The van der Waals surface area contributed by atoms with E-state index in [1.165, 1.54) is 19.2 Å². The largest absolute Gasteiger partial charge is 0.497 e. The first kappa shape index (κ1) is 17.3. The third-order valence-corrected chi connectivity index (χ3v) is 4.81. The second-order valence-electron chi connectivity index (χ2n) is 4.86. The van der Waals surface area contributed by atoms with Gasteiger partial charge in [-0.2, -0.15) is 0 Å². The molecule has 0 heterocycles. The summed E-state index contributed by atoms with van der Waals surface area (Å²) in [6.07, 6.45) is 0.561. The van der Waals surface area contributed by atoms with Crippen LogP contribution >= 0.6 is 0 Å². The highest BCUT2D eigenvalue weighted by Crippen LogP contribution is 2.19. The lowest BCUT2D eigenvalue weighted by Crippen LogP contribution is -2.26. The van der Waals surface area contributed by atoms with Crippen LogP contribution in [0.5, 0.6) is 11.5 Å². The highest BCUT2D eigenvalue weighted by atomic mass is 32.2. The molecule has 5 nitrogen and oxygen atoms in total. The Balaban J connectivity index is 1.99. The van der Waals surface area contributed by atoms with Gasteiger partial charge in [0.15, 0.2) is 0 Å². The molecule has 6 heteroatoms. The zero-order valence-electron chi connectivity index (χ0n) is 13.3. The molecule has 0 fully saturated rings. The summed E-state index contributed by atoms with van der Waals surface area (Å²) in [4.78, 5) is 0.219. The van der Waals surface area contributed by atoms with Gasteiger partial charge in [0.2, 0.25) is 10.0 Å². The molecule has 23 heavy (non-hydrogen) atoms. The molecule has 1 N–H and O–H groups in total. The molecule has 0 spiro atoms. The zero-order valence-corrected chi connectivity index (χ0v) is 14.1. The highest BCUT2D eigenvalue weighted by molar-refractivity contribution is 7.89. The van der Waals surface area contributed by atoms with Crippen molar-refractivity contribution in [1.82, 2.24) is 4.72 Å². The lowest BCUT2D eigenvalue weighted by Gasteiger charge is -2.11. The van der Waals surface area contributed by atoms with Gasteiger partial charge in [0.25, 0.3) is 0 Å². The van der Waals surface area contributed by atoms with Crippen LogP contribution in [0.3, 0.4) is 0 Å². The second-order valence-corrected chi connectivity index (χ2v) is 6.63. The van der Waals surface area contributed by atoms with Crippen LogP contribution in [0.4, 0.5) is 0 Å². The topological polar surface area (TPSA) is 64.6 Å². The first-order valence-corrected chi connectivity index (χ1v) is 8.89. The number of para-hydroxylation sites is 1. The molecule has 0 saturated heterocycles. The molecule has 0 atom stereocenters. The maximum Gasteiger partial charge on any atom is 0.240 e. The van der Waals surface area contributed by atoms with Gasteiger partial charge in [-0.25, -0.2) is 13.1 Å². The molecule has 2 aromatic carbocycles. The number of nitrogens with one attached hydrogen (secondary N) is 1. The fraction of sp³-hybridized carbons (Fsp3) is 0.294. The predicted octanol–water partition coefficient (Wildman–Crippen LogP) is 2.61. The van der Waals surface area contributed by atoms with Gasteiger partial charge in [-0.3, -0.25) is 0 Å². The van der Waals surface area contributed by atoms with E-state index in [4.69, 9.17) is 9.47 Å². The Bertz CT molecular complexity index is 727. The van der Waals surface area contributed by atoms with Crippen LogP contribution in [0.15, 0.2) is 53.4 Å². The third kappa shape index (κ3) is 4.71. The van der Waals surface area contributed by atoms with Crippen LogP contribution in [0.2, 0.25) is 0 Å². The third-order valence-electron chi connectivity index (χ3n) is 3.33. The molecular weight excluding hydrogens is 314 g/mol. The molecule has 0 aliphatic heterocycles. The van der Waals surface area contributed by atoms with E-state index in [9.17, 15) is 8.42 Å². The SMILES string of the molecule is CCOc1ccccc1CCNS(=O)(=O)c1ccc(OC)cc1. The summed E-state index contributed by atoms with van der Waals surface area (Å²) < 4.78 is 37.7. The monoisotopic (exact) mass is 335 g/mol.